The van der Waals surface area contributed by atoms with Gasteiger partial charge in [0.05, 0.1) is 0 Å². The first-order valence-electron chi connectivity index (χ1n) is 6.61. The molecule has 19 heavy (non-hydrogen) atoms. The number of nitrogens with zero attached hydrogens (tertiary/aromatic N) is 3. The van der Waals surface area contributed by atoms with E-state index in [1.807, 2.05) is 11.5 Å². The van der Waals surface area contributed by atoms with E-state index in [0.717, 1.165) is 25.3 Å². The van der Waals surface area contributed by atoms with Crippen molar-refractivity contribution in [1.82, 2.24) is 14.9 Å². The zero-order valence-corrected chi connectivity index (χ0v) is 12.2. The van der Waals surface area contributed by atoms with Crippen LogP contribution in [0.4, 0.5) is 5.82 Å². The van der Waals surface area contributed by atoms with E-state index in [9.17, 15) is 0 Å². The second-order valence-corrected chi connectivity index (χ2v) is 4.74. The molecule has 6 nitrogen and oxygen atoms in total. The van der Waals surface area contributed by atoms with Gasteiger partial charge in [-0.2, -0.15) is 0 Å². The van der Waals surface area contributed by atoms with Crippen LogP contribution in [0.15, 0.2) is 4.99 Å². The van der Waals surface area contributed by atoms with Crippen LogP contribution in [0.25, 0.3) is 0 Å². The summed E-state index contributed by atoms with van der Waals surface area (Å²) in [7, 11) is 0. The normalized spacial score (nSPS) is 11.6. The Balaban J connectivity index is 2.72. The highest BCUT2D eigenvalue weighted by atomic mass is 15.1. The number of nitrogens with two attached hydrogens (primary N) is 1. The van der Waals surface area contributed by atoms with Crippen LogP contribution in [0.3, 0.4) is 0 Å². The number of rotatable bonds is 6. The van der Waals surface area contributed by atoms with Crippen molar-refractivity contribution in [3.05, 3.63) is 11.5 Å². The number of nitrogens with one attached hydrogen (secondary N) is 2. The van der Waals surface area contributed by atoms with Crippen LogP contribution in [-0.2, 0) is 6.54 Å². The predicted molar refractivity (Wildman–Crippen MR) is 80.1 cm³/mol. The molecule has 0 unspecified atom stereocenters. The molecule has 0 aliphatic carbocycles. The second-order valence-electron chi connectivity index (χ2n) is 4.74. The number of aliphatic imine (C=N–C) groups is 1. The van der Waals surface area contributed by atoms with Gasteiger partial charge in [-0.15, -0.1) is 0 Å². The third kappa shape index (κ3) is 4.17. The van der Waals surface area contributed by atoms with E-state index < -0.39 is 0 Å². The molecular formula is C13H24N6. The van der Waals surface area contributed by atoms with Crippen molar-refractivity contribution in [3.8, 4) is 0 Å². The van der Waals surface area contributed by atoms with Gasteiger partial charge in [0.1, 0.15) is 17.3 Å². The Hall–Kier alpha value is -1.69. The summed E-state index contributed by atoms with van der Waals surface area (Å²) in [5.41, 5.74) is 6.51. The molecule has 0 spiro atoms. The molecule has 4 N–H and O–H groups in total. The van der Waals surface area contributed by atoms with Crippen LogP contribution >= 0.6 is 0 Å². The number of imidazole rings is 1. The second kappa shape index (κ2) is 7.04. The first-order chi connectivity index (χ1) is 8.97. The minimum atomic E-state index is 0.113. The number of aromatic nitrogens is 2. The Kier molecular flexibility index (Phi) is 5.69. The van der Waals surface area contributed by atoms with Gasteiger partial charge in [-0.3, -0.25) is 5.41 Å². The first kappa shape index (κ1) is 15.4. The summed E-state index contributed by atoms with van der Waals surface area (Å²) in [6.07, 6.45) is 2.55. The summed E-state index contributed by atoms with van der Waals surface area (Å²) >= 11 is 0. The molecule has 106 valence electrons. The summed E-state index contributed by atoms with van der Waals surface area (Å²) in [5, 5.41) is 11.1. The summed E-state index contributed by atoms with van der Waals surface area (Å²) in [5.74, 6) is 1.47. The Morgan fingerprint density at radius 3 is 2.84 bits per heavy atom. The molecule has 0 radical (unpaired) electrons. The standard InChI is InChI=1S/C13H24N6/c1-5-16-12(14)11-13(15)19(10(4)18-11)8-6-7-17-9(2)3/h5,9,14,17H,6-8,15H2,1-4H3. The fourth-order valence-corrected chi connectivity index (χ4v) is 1.86. The van der Waals surface area contributed by atoms with Crippen molar-refractivity contribution in [3.63, 3.8) is 0 Å². The molecule has 0 aliphatic rings. The van der Waals surface area contributed by atoms with Gasteiger partial charge >= 0.3 is 0 Å². The molecule has 0 aliphatic heterocycles. The zero-order valence-electron chi connectivity index (χ0n) is 12.2. The summed E-state index contributed by atoms with van der Waals surface area (Å²) in [6, 6.07) is 0.490. The number of amidine groups is 1. The van der Waals surface area contributed by atoms with E-state index >= 15 is 0 Å². The molecule has 1 rings (SSSR count). The fraction of sp³-hybridized carbons (Fsp3) is 0.615. The maximum atomic E-state index is 7.78. The quantitative estimate of drug-likeness (QED) is 0.414. The predicted octanol–water partition coefficient (Wildman–Crippen LogP) is 1.58. The lowest BCUT2D eigenvalue weighted by Gasteiger charge is -2.10. The molecule has 0 amide bonds. The van der Waals surface area contributed by atoms with Crippen LogP contribution in [0.1, 0.15) is 38.7 Å². The number of anilines is 1. The SMILES string of the molecule is CC=NC(=N)c1nc(C)n(CCCNC(C)C)c1N. The minimum absolute atomic E-state index is 0.113. The van der Waals surface area contributed by atoms with Gasteiger partial charge in [0, 0.05) is 18.8 Å². The average Bonchev–Trinajstić information content (AvgIpc) is 2.61. The summed E-state index contributed by atoms with van der Waals surface area (Å²) in [4.78, 5) is 8.24. The van der Waals surface area contributed by atoms with E-state index in [2.05, 4.69) is 29.1 Å². The van der Waals surface area contributed by atoms with Crippen molar-refractivity contribution in [2.75, 3.05) is 12.3 Å². The Morgan fingerprint density at radius 1 is 1.58 bits per heavy atom. The highest BCUT2D eigenvalue weighted by Gasteiger charge is 2.14. The largest absolute Gasteiger partial charge is 0.383 e. The van der Waals surface area contributed by atoms with Crippen molar-refractivity contribution < 1.29 is 0 Å². The van der Waals surface area contributed by atoms with Crippen LogP contribution in [-0.4, -0.2) is 34.2 Å². The summed E-state index contributed by atoms with van der Waals surface area (Å²) in [6.45, 7) is 9.66. The fourth-order valence-electron chi connectivity index (χ4n) is 1.86. The molecular weight excluding hydrogens is 240 g/mol. The monoisotopic (exact) mass is 264 g/mol. The molecule has 0 fully saturated rings. The van der Waals surface area contributed by atoms with E-state index in [0.29, 0.717) is 17.6 Å². The van der Waals surface area contributed by atoms with Gasteiger partial charge in [0.25, 0.3) is 0 Å². The number of nitrogen functional groups attached to an aromatic ring is 1. The van der Waals surface area contributed by atoms with Gasteiger partial charge < -0.3 is 15.6 Å². The highest BCUT2D eigenvalue weighted by Crippen LogP contribution is 2.15. The smallest absolute Gasteiger partial charge is 0.174 e. The van der Waals surface area contributed by atoms with Crippen LogP contribution in [0.5, 0.6) is 0 Å². The Morgan fingerprint density at radius 2 is 2.26 bits per heavy atom. The Labute approximate surface area is 114 Å². The first-order valence-corrected chi connectivity index (χ1v) is 6.61. The van der Waals surface area contributed by atoms with Crippen molar-refractivity contribution in [1.29, 1.82) is 5.41 Å². The van der Waals surface area contributed by atoms with Crippen molar-refractivity contribution in [2.24, 2.45) is 4.99 Å². The topological polar surface area (TPSA) is 92.1 Å². The lowest BCUT2D eigenvalue weighted by molar-refractivity contribution is 0.533. The molecule has 6 heteroatoms. The lowest BCUT2D eigenvalue weighted by atomic mass is 10.3. The average molecular weight is 264 g/mol. The van der Waals surface area contributed by atoms with Crippen LogP contribution < -0.4 is 11.1 Å². The van der Waals surface area contributed by atoms with Crippen molar-refractivity contribution in [2.45, 2.75) is 46.7 Å². The Bertz CT molecular complexity index is 458. The van der Waals surface area contributed by atoms with Gasteiger partial charge in [0.2, 0.25) is 0 Å². The zero-order chi connectivity index (χ0) is 14.4. The third-order valence-corrected chi connectivity index (χ3v) is 2.79. The number of hydrogen-bond donors (Lipinski definition) is 3. The molecule has 1 aromatic heterocycles. The third-order valence-electron chi connectivity index (χ3n) is 2.79. The maximum absolute atomic E-state index is 7.78. The molecule has 0 bridgehead atoms. The van der Waals surface area contributed by atoms with E-state index in [4.69, 9.17) is 11.1 Å². The molecule has 0 saturated carbocycles. The molecule has 0 aromatic carbocycles. The minimum Gasteiger partial charge on any atom is -0.383 e. The molecule has 0 atom stereocenters. The van der Waals surface area contributed by atoms with Crippen LogP contribution in [0, 0.1) is 12.3 Å². The lowest BCUT2D eigenvalue weighted by Crippen LogP contribution is -2.24. The van der Waals surface area contributed by atoms with E-state index in [-0.39, 0.29) is 5.84 Å². The van der Waals surface area contributed by atoms with Gasteiger partial charge in [-0.25, -0.2) is 9.98 Å². The van der Waals surface area contributed by atoms with Crippen molar-refractivity contribution >= 4 is 17.9 Å². The maximum Gasteiger partial charge on any atom is 0.174 e. The molecule has 1 aromatic rings. The molecule has 1 heterocycles. The van der Waals surface area contributed by atoms with Crippen LogP contribution in [0.2, 0.25) is 0 Å². The van der Waals surface area contributed by atoms with E-state index in [1.54, 1.807) is 13.1 Å². The summed E-state index contributed by atoms with van der Waals surface area (Å²) < 4.78 is 1.94. The van der Waals surface area contributed by atoms with Gasteiger partial charge in [0.15, 0.2) is 5.84 Å². The van der Waals surface area contributed by atoms with E-state index in [1.165, 1.54) is 0 Å². The molecule has 0 saturated heterocycles. The number of hydrogen-bond acceptors (Lipinski definition) is 4. The number of aryl methyl sites for hydroxylation is 1. The van der Waals surface area contributed by atoms with Gasteiger partial charge in [-0.05, 0) is 26.8 Å². The van der Waals surface area contributed by atoms with Gasteiger partial charge in [-0.1, -0.05) is 13.8 Å². The highest BCUT2D eigenvalue weighted by molar-refractivity contribution is 6.02.